The van der Waals surface area contributed by atoms with Crippen LogP contribution in [0, 0.1) is 11.8 Å². The second-order valence-corrected chi connectivity index (χ2v) is 7.49. The van der Waals surface area contributed by atoms with Crippen molar-refractivity contribution in [3.8, 4) is 0 Å². The van der Waals surface area contributed by atoms with Gasteiger partial charge in [0.25, 0.3) is 0 Å². The maximum Gasteiger partial charge on any atom is 0.123 e. The lowest BCUT2D eigenvalue weighted by atomic mass is 9.86. The van der Waals surface area contributed by atoms with Gasteiger partial charge in [-0.05, 0) is 85.5 Å². The number of hydrogen-bond donors (Lipinski definition) is 1. The van der Waals surface area contributed by atoms with E-state index in [-0.39, 0.29) is 0 Å². The van der Waals surface area contributed by atoms with Crippen LogP contribution in [0.25, 0.3) is 0 Å². The summed E-state index contributed by atoms with van der Waals surface area (Å²) in [5, 5.41) is 8.90. The number of aliphatic hydroxyl groups is 1. The standard InChI is InChI=1S/C9H19NO.C9H17NO/c2*1-10(2)9-5-3-8(7-11)4-6-9/h8-9,11H,3-7H2,1-2H3;7-9H,3-6H2,1-2H3. The Hall–Kier alpha value is -0.450. The van der Waals surface area contributed by atoms with Crippen molar-refractivity contribution in [2.24, 2.45) is 11.8 Å². The van der Waals surface area contributed by atoms with Crippen LogP contribution in [0.4, 0.5) is 0 Å². The van der Waals surface area contributed by atoms with Crippen LogP contribution in [-0.2, 0) is 4.79 Å². The van der Waals surface area contributed by atoms with Crippen molar-refractivity contribution < 1.29 is 9.90 Å². The van der Waals surface area contributed by atoms with E-state index in [1.54, 1.807) is 0 Å². The van der Waals surface area contributed by atoms with Crippen molar-refractivity contribution in [1.29, 1.82) is 0 Å². The summed E-state index contributed by atoms with van der Waals surface area (Å²) >= 11 is 0. The Bertz CT molecular complexity index is 291. The van der Waals surface area contributed by atoms with Crippen LogP contribution in [-0.4, -0.2) is 68.1 Å². The molecule has 2 rings (SSSR count). The molecule has 2 aliphatic carbocycles. The minimum Gasteiger partial charge on any atom is -0.396 e. The quantitative estimate of drug-likeness (QED) is 0.810. The predicted octanol–water partition coefficient (Wildman–Crippen LogP) is 2.40. The van der Waals surface area contributed by atoms with E-state index in [2.05, 4.69) is 38.0 Å². The molecule has 0 atom stereocenters. The van der Waals surface area contributed by atoms with Crippen molar-refractivity contribution in [3.63, 3.8) is 0 Å². The highest BCUT2D eigenvalue weighted by Crippen LogP contribution is 2.26. The molecule has 0 saturated heterocycles. The minimum atomic E-state index is 0.353. The van der Waals surface area contributed by atoms with E-state index < -0.39 is 0 Å². The van der Waals surface area contributed by atoms with E-state index in [4.69, 9.17) is 5.11 Å². The second kappa shape index (κ2) is 10.3. The topological polar surface area (TPSA) is 43.8 Å². The third-order valence-corrected chi connectivity index (χ3v) is 5.47. The molecule has 0 bridgehead atoms. The molecule has 0 spiro atoms. The van der Waals surface area contributed by atoms with Gasteiger partial charge >= 0.3 is 0 Å². The molecular weight excluding hydrogens is 276 g/mol. The maximum absolute atomic E-state index is 10.4. The SMILES string of the molecule is CN(C)C1CCC(C=O)CC1.CN(C)C1CCC(CO)CC1. The highest BCUT2D eigenvalue weighted by molar-refractivity contribution is 5.53. The van der Waals surface area contributed by atoms with Crippen molar-refractivity contribution in [2.75, 3.05) is 34.8 Å². The zero-order valence-corrected chi connectivity index (χ0v) is 15.0. The maximum atomic E-state index is 10.4. The van der Waals surface area contributed by atoms with E-state index in [0.717, 1.165) is 25.2 Å². The van der Waals surface area contributed by atoms with Crippen molar-refractivity contribution in [2.45, 2.75) is 63.5 Å². The molecule has 22 heavy (non-hydrogen) atoms. The van der Waals surface area contributed by atoms with Crippen molar-refractivity contribution >= 4 is 6.29 Å². The average Bonchev–Trinajstić information content (AvgIpc) is 2.55. The second-order valence-electron chi connectivity index (χ2n) is 7.49. The molecule has 2 saturated carbocycles. The number of aldehydes is 1. The van der Waals surface area contributed by atoms with Crippen LogP contribution < -0.4 is 0 Å². The highest BCUT2D eigenvalue weighted by atomic mass is 16.3. The van der Waals surface area contributed by atoms with E-state index >= 15 is 0 Å². The molecule has 0 aliphatic heterocycles. The van der Waals surface area contributed by atoms with Gasteiger partial charge in [-0.25, -0.2) is 0 Å². The molecule has 130 valence electrons. The van der Waals surface area contributed by atoms with Gasteiger partial charge in [0.15, 0.2) is 0 Å². The van der Waals surface area contributed by atoms with Crippen LogP contribution >= 0.6 is 0 Å². The first kappa shape index (κ1) is 19.6. The van der Waals surface area contributed by atoms with Crippen LogP contribution in [0.5, 0.6) is 0 Å². The predicted molar refractivity (Wildman–Crippen MR) is 92.0 cm³/mol. The number of hydrogen-bond acceptors (Lipinski definition) is 4. The molecule has 2 aliphatic rings. The van der Waals surface area contributed by atoms with Gasteiger partial charge in [-0.3, -0.25) is 0 Å². The Balaban J connectivity index is 0.000000220. The highest BCUT2D eigenvalue weighted by Gasteiger charge is 2.22. The fraction of sp³-hybridized carbons (Fsp3) is 0.944. The molecule has 4 heteroatoms. The molecule has 2 fully saturated rings. The first-order chi connectivity index (χ1) is 10.5. The van der Waals surface area contributed by atoms with Crippen LogP contribution in [0.3, 0.4) is 0 Å². The van der Waals surface area contributed by atoms with E-state index in [0.29, 0.717) is 24.5 Å². The van der Waals surface area contributed by atoms with Crippen LogP contribution in [0.2, 0.25) is 0 Å². The lowest BCUT2D eigenvalue weighted by Gasteiger charge is -2.31. The average molecular weight is 312 g/mol. The monoisotopic (exact) mass is 312 g/mol. The van der Waals surface area contributed by atoms with E-state index in [9.17, 15) is 4.79 Å². The van der Waals surface area contributed by atoms with Crippen LogP contribution in [0.15, 0.2) is 0 Å². The number of carbonyl (C=O) groups excluding carboxylic acids is 1. The third-order valence-electron chi connectivity index (χ3n) is 5.47. The zero-order valence-electron chi connectivity index (χ0n) is 15.0. The van der Waals surface area contributed by atoms with E-state index in [1.165, 1.54) is 38.5 Å². The first-order valence-corrected chi connectivity index (χ1v) is 8.86. The van der Waals surface area contributed by atoms with Gasteiger partial charge in [-0.15, -0.1) is 0 Å². The minimum absolute atomic E-state index is 0.353. The number of carbonyl (C=O) groups is 1. The number of nitrogens with zero attached hydrogens (tertiary/aromatic N) is 2. The molecule has 1 N–H and O–H groups in total. The molecule has 0 unspecified atom stereocenters. The van der Waals surface area contributed by atoms with Crippen molar-refractivity contribution in [1.82, 2.24) is 9.80 Å². The normalized spacial score (nSPS) is 32.5. The molecule has 0 aromatic carbocycles. The van der Waals surface area contributed by atoms with Gasteiger partial charge in [0, 0.05) is 24.6 Å². The van der Waals surface area contributed by atoms with E-state index in [1.807, 2.05) is 0 Å². The fourth-order valence-electron chi connectivity index (χ4n) is 3.60. The van der Waals surface area contributed by atoms with Gasteiger partial charge in [0.2, 0.25) is 0 Å². The molecule has 0 heterocycles. The van der Waals surface area contributed by atoms with Gasteiger partial charge in [0.05, 0.1) is 0 Å². The molecular formula is C18H36N2O2. The molecule has 0 amide bonds. The Labute approximate surface area is 136 Å². The fourth-order valence-corrected chi connectivity index (χ4v) is 3.60. The van der Waals surface area contributed by atoms with Crippen molar-refractivity contribution in [3.05, 3.63) is 0 Å². The number of aliphatic hydroxyl groups excluding tert-OH is 1. The summed E-state index contributed by atoms with van der Waals surface area (Å²) in [6, 6.07) is 1.48. The molecule has 0 radical (unpaired) electrons. The Morgan fingerprint density at radius 3 is 1.55 bits per heavy atom. The Kier molecular flexibility index (Phi) is 9.22. The first-order valence-electron chi connectivity index (χ1n) is 8.86. The lowest BCUT2D eigenvalue weighted by Crippen LogP contribution is -2.32. The van der Waals surface area contributed by atoms with Gasteiger partial charge in [0.1, 0.15) is 6.29 Å². The molecule has 0 aromatic rings. The third kappa shape index (κ3) is 6.76. The largest absolute Gasteiger partial charge is 0.396 e. The van der Waals surface area contributed by atoms with Gasteiger partial charge in [-0.1, -0.05) is 0 Å². The van der Waals surface area contributed by atoms with Gasteiger partial charge in [-0.2, -0.15) is 0 Å². The zero-order chi connectivity index (χ0) is 16.5. The summed E-state index contributed by atoms with van der Waals surface area (Å²) in [6.45, 7) is 0.389. The lowest BCUT2D eigenvalue weighted by molar-refractivity contribution is -0.112. The number of rotatable bonds is 4. The molecule has 4 nitrogen and oxygen atoms in total. The van der Waals surface area contributed by atoms with Crippen LogP contribution in [0.1, 0.15) is 51.4 Å². The smallest absolute Gasteiger partial charge is 0.123 e. The summed E-state index contributed by atoms with van der Waals surface area (Å²) in [6.07, 6.45) is 10.6. The Morgan fingerprint density at radius 1 is 0.818 bits per heavy atom. The molecule has 0 aromatic heterocycles. The summed E-state index contributed by atoms with van der Waals surface area (Å²) in [4.78, 5) is 15.0. The summed E-state index contributed by atoms with van der Waals surface area (Å²) in [7, 11) is 8.52. The summed E-state index contributed by atoms with van der Waals surface area (Å²) in [5.41, 5.74) is 0. The summed E-state index contributed by atoms with van der Waals surface area (Å²) in [5.74, 6) is 0.942. The summed E-state index contributed by atoms with van der Waals surface area (Å²) < 4.78 is 0. The Morgan fingerprint density at radius 2 is 1.23 bits per heavy atom. The van der Waals surface area contributed by atoms with Gasteiger partial charge < -0.3 is 19.7 Å².